The molecule has 88 heavy (non-hydrogen) atoms. The van der Waals surface area contributed by atoms with Crippen LogP contribution in [0.5, 0.6) is 11.5 Å². The molecule has 1 amide bonds. The van der Waals surface area contributed by atoms with Crippen molar-refractivity contribution >= 4 is 29.8 Å². The third-order valence-electron chi connectivity index (χ3n) is 19.0. The highest BCUT2D eigenvalue weighted by molar-refractivity contribution is 5.94. The Labute approximate surface area is 519 Å². The van der Waals surface area contributed by atoms with Gasteiger partial charge in [0, 0.05) is 25.2 Å². The molecule has 2 saturated carbocycles. The van der Waals surface area contributed by atoms with Crippen LogP contribution in [-0.4, -0.2) is 121 Å². The standard InChI is InChI=1S/C43H53NO14.C28H42O2/c1-22-26(55-37(51)32(48)30(24-15-11-9-12-16-24)44-38(52)58-39(3,4)5)20-43(53)35(56-36(50)25-17-13-10-14-18-25)33-41(8,34(49)31(47)29(22)40(43,6)7)27(46)19-28-42(33,21-54-28)57-23(2)45;1-20(2)11-8-12-21(3)13-9-14-22(4)15-10-17-28(7)18-16-25-19-26(29)23(5)24(6)27(25)30-28/h9-18,26-28,30-33,35,46-48,53H,19-21H2,1-8H3,(H,44,52);11,13,15,19,29H,8-10,12,14,16-18H2,1-7H3/b;21-13+,22-15+/t26-,27-,28+,30-,31+,32+,33-,35-,41+,42-,43+;28-/m01/s1. The molecule has 2 heterocycles. The third kappa shape index (κ3) is 14.5. The van der Waals surface area contributed by atoms with E-state index < -0.39 is 112 Å². The molecule has 2 bridgehead atoms. The van der Waals surface area contributed by atoms with E-state index in [-0.39, 0.29) is 35.3 Å². The Hall–Kier alpha value is -6.63. The molecule has 0 radical (unpaired) electrons. The maximum Gasteiger partial charge on any atom is 0.408 e. The van der Waals surface area contributed by atoms with Crippen molar-refractivity contribution in [2.45, 2.75) is 233 Å². The van der Waals surface area contributed by atoms with Gasteiger partial charge in [-0.15, -0.1) is 0 Å². The van der Waals surface area contributed by atoms with Crippen LogP contribution in [-0.2, 0) is 44.5 Å². The Morgan fingerprint density at radius 1 is 0.830 bits per heavy atom. The number of ether oxygens (including phenoxy) is 6. The van der Waals surface area contributed by atoms with E-state index in [1.165, 1.54) is 49.1 Å². The highest BCUT2D eigenvalue weighted by Gasteiger charge is 2.78. The molecular weight excluding hydrogens is 1120 g/mol. The number of esters is 3. The Bertz CT molecular complexity index is 3190. The van der Waals surface area contributed by atoms with E-state index in [2.05, 4.69) is 65.1 Å². The molecule has 2 aliphatic heterocycles. The molecule has 6 N–H and O–H groups in total. The fourth-order valence-electron chi connectivity index (χ4n) is 13.7. The van der Waals surface area contributed by atoms with Crippen molar-refractivity contribution in [1.82, 2.24) is 5.32 Å². The van der Waals surface area contributed by atoms with Crippen molar-refractivity contribution in [2.75, 3.05) is 6.61 Å². The maximum atomic E-state index is 14.9. The van der Waals surface area contributed by atoms with Crippen LogP contribution >= 0.6 is 0 Å². The van der Waals surface area contributed by atoms with Crippen molar-refractivity contribution in [3.8, 4) is 11.5 Å². The number of Topliss-reactive ketones (excluding diaryl/α,β-unsaturated/α-hetero) is 1. The number of phenols is 1. The molecule has 17 heteroatoms. The van der Waals surface area contributed by atoms with Crippen molar-refractivity contribution in [2.24, 2.45) is 16.7 Å². The SMILES string of the molecule is CC(=O)O[C@@]12CO[C@@H]1C[C@H](O)[C@@]1(C)C(=O)[C@H](O)C3=C(C)[C@@H](OC(=O)[C@H](O)[C@@H](NC(=O)OC(C)(C)C)c4ccccc4)C[C@@](O)([C@@H](OC(=O)c4ccccc4)[C@H]21)C3(C)C.CC(C)=CCC/C(C)=C/CC/C(C)=C/CC[C@]1(C)CCc2cc(O)c(C)c(C)c2O1. The summed E-state index contributed by atoms with van der Waals surface area (Å²) in [5.41, 5.74) is -0.732. The van der Waals surface area contributed by atoms with Gasteiger partial charge in [-0.2, -0.15) is 0 Å². The fraction of sp³-hybridized carbons (Fsp3) is 0.563. The number of amides is 1. The molecule has 5 aliphatic rings. The number of fused-ring (bicyclic) bond motifs is 6. The lowest BCUT2D eigenvalue weighted by molar-refractivity contribution is -0.346. The van der Waals surface area contributed by atoms with Crippen LogP contribution in [0, 0.1) is 30.6 Å². The first-order chi connectivity index (χ1) is 41.1. The lowest BCUT2D eigenvalue weighted by Crippen LogP contribution is -2.81. The summed E-state index contributed by atoms with van der Waals surface area (Å²) in [6.45, 7) is 26.9. The largest absolute Gasteiger partial charge is 0.508 e. The first-order valence-electron chi connectivity index (χ1n) is 30.9. The van der Waals surface area contributed by atoms with Crippen LogP contribution in [0.3, 0.4) is 0 Å². The summed E-state index contributed by atoms with van der Waals surface area (Å²) >= 11 is 0. The van der Waals surface area contributed by atoms with Crippen molar-refractivity contribution < 1.29 is 77.9 Å². The van der Waals surface area contributed by atoms with Gasteiger partial charge >= 0.3 is 24.0 Å². The first-order valence-corrected chi connectivity index (χ1v) is 30.9. The maximum absolute atomic E-state index is 14.9. The molecule has 12 atom stereocenters. The summed E-state index contributed by atoms with van der Waals surface area (Å²) in [6.07, 6.45) is 4.28. The van der Waals surface area contributed by atoms with Crippen LogP contribution in [0.4, 0.5) is 4.79 Å². The monoisotopic (exact) mass is 1220 g/mol. The summed E-state index contributed by atoms with van der Waals surface area (Å²) in [4.78, 5) is 68.9. The van der Waals surface area contributed by atoms with E-state index in [4.69, 9.17) is 28.4 Å². The van der Waals surface area contributed by atoms with Gasteiger partial charge < -0.3 is 59.3 Å². The number of ketones is 1. The van der Waals surface area contributed by atoms with Crippen LogP contribution in [0.15, 0.2) is 113 Å². The van der Waals surface area contributed by atoms with Gasteiger partial charge in [0.2, 0.25) is 0 Å². The van der Waals surface area contributed by atoms with Gasteiger partial charge in [-0.05, 0) is 186 Å². The first kappa shape index (κ1) is 68.9. The lowest BCUT2D eigenvalue weighted by Gasteiger charge is -2.67. The number of aliphatic hydroxyl groups is 4. The molecule has 3 aliphatic carbocycles. The van der Waals surface area contributed by atoms with E-state index >= 15 is 0 Å². The highest BCUT2D eigenvalue weighted by atomic mass is 16.6. The van der Waals surface area contributed by atoms with Gasteiger partial charge in [0.05, 0.1) is 35.6 Å². The summed E-state index contributed by atoms with van der Waals surface area (Å²) in [6, 6.07) is 16.5. The van der Waals surface area contributed by atoms with Gasteiger partial charge in [0.25, 0.3) is 0 Å². The predicted octanol–water partition coefficient (Wildman–Crippen LogP) is 11.6. The number of allylic oxidation sites excluding steroid dienone is 6. The minimum absolute atomic E-state index is 0.0637. The number of carbonyl (C=O) groups is 5. The topological polar surface area (TPSA) is 254 Å². The van der Waals surface area contributed by atoms with E-state index in [0.29, 0.717) is 11.3 Å². The second kappa shape index (κ2) is 27.2. The molecule has 17 nitrogen and oxygen atoms in total. The molecule has 480 valence electrons. The number of alkyl carbamates (subject to hydrolysis) is 1. The minimum Gasteiger partial charge on any atom is -0.508 e. The summed E-state index contributed by atoms with van der Waals surface area (Å²) in [5, 5.41) is 61.7. The van der Waals surface area contributed by atoms with Gasteiger partial charge in [-0.25, -0.2) is 14.4 Å². The number of nitrogens with one attached hydrogen (secondary N) is 1. The van der Waals surface area contributed by atoms with Crippen molar-refractivity contribution in [3.05, 3.63) is 141 Å². The minimum atomic E-state index is -2.35. The number of benzene rings is 3. The smallest absolute Gasteiger partial charge is 0.408 e. The average molecular weight is 1220 g/mol. The van der Waals surface area contributed by atoms with Crippen LogP contribution in [0.1, 0.15) is 186 Å². The van der Waals surface area contributed by atoms with Gasteiger partial charge in [-0.3, -0.25) is 9.59 Å². The highest BCUT2D eigenvalue weighted by Crippen LogP contribution is 2.64. The number of hydrogen-bond donors (Lipinski definition) is 6. The second-order valence-corrected chi connectivity index (χ2v) is 27.3. The number of aryl methyl sites for hydroxylation is 1. The van der Waals surface area contributed by atoms with E-state index in [9.17, 15) is 49.5 Å². The zero-order valence-corrected chi connectivity index (χ0v) is 54.2. The van der Waals surface area contributed by atoms with Gasteiger partial charge in [0.1, 0.15) is 52.7 Å². The quantitative estimate of drug-likeness (QED) is 0.0417. The molecule has 0 spiro atoms. The second-order valence-electron chi connectivity index (χ2n) is 27.3. The normalized spacial score (nSPS) is 28.8. The summed E-state index contributed by atoms with van der Waals surface area (Å²) in [7, 11) is 0. The molecule has 3 aromatic carbocycles. The van der Waals surface area contributed by atoms with Crippen molar-refractivity contribution in [1.29, 1.82) is 0 Å². The Balaban J connectivity index is 0.000000310. The average Bonchev–Trinajstić information content (AvgIpc) is 0.680. The van der Waals surface area contributed by atoms with Crippen LogP contribution < -0.4 is 10.1 Å². The van der Waals surface area contributed by atoms with Gasteiger partial charge in [0.15, 0.2) is 17.5 Å². The lowest BCUT2D eigenvalue weighted by atomic mass is 9.44. The number of aliphatic hydroxyl groups excluding tert-OH is 3. The van der Waals surface area contributed by atoms with Crippen LogP contribution in [0.25, 0.3) is 0 Å². The predicted molar refractivity (Wildman–Crippen MR) is 333 cm³/mol. The van der Waals surface area contributed by atoms with E-state index in [0.717, 1.165) is 74.3 Å². The molecule has 0 unspecified atom stereocenters. The van der Waals surface area contributed by atoms with Crippen LogP contribution in [0.2, 0.25) is 0 Å². The number of carbonyl (C=O) groups excluding carboxylic acids is 5. The van der Waals surface area contributed by atoms with E-state index in [1.54, 1.807) is 83.1 Å². The van der Waals surface area contributed by atoms with E-state index in [1.807, 2.05) is 13.0 Å². The number of rotatable bonds is 17. The molecule has 1 saturated heterocycles. The number of phenolic OH excluding ortho intramolecular Hbond substituents is 1. The Kier molecular flexibility index (Phi) is 21.3. The Morgan fingerprint density at radius 3 is 2.01 bits per heavy atom. The molecular formula is C71H95NO16. The van der Waals surface area contributed by atoms with Crippen molar-refractivity contribution in [3.63, 3.8) is 0 Å². The molecule has 8 rings (SSSR count). The molecule has 0 aromatic heterocycles. The molecule has 3 fully saturated rings. The fourth-order valence-corrected chi connectivity index (χ4v) is 13.7. The molecule has 3 aromatic rings. The zero-order valence-electron chi connectivity index (χ0n) is 54.2. The Morgan fingerprint density at radius 2 is 1.43 bits per heavy atom. The number of hydrogen-bond acceptors (Lipinski definition) is 16. The van der Waals surface area contributed by atoms with Gasteiger partial charge in [-0.1, -0.05) is 97.3 Å². The zero-order chi connectivity index (χ0) is 65.1. The number of aromatic hydroxyl groups is 1. The third-order valence-corrected chi connectivity index (χ3v) is 19.0. The summed E-state index contributed by atoms with van der Waals surface area (Å²) < 4.78 is 36.0. The summed E-state index contributed by atoms with van der Waals surface area (Å²) in [5.74, 6) is -3.98.